The third kappa shape index (κ3) is 0.968. The molecule has 1 heterocycles. The van der Waals surface area contributed by atoms with E-state index in [1.807, 2.05) is 0 Å². The summed E-state index contributed by atoms with van der Waals surface area (Å²) in [5.74, 6) is 3.16. The zero-order valence-electron chi connectivity index (χ0n) is 6.77. The Hall–Kier alpha value is -0.0400. The lowest BCUT2D eigenvalue weighted by atomic mass is 10.0. The first-order valence-corrected chi connectivity index (χ1v) is 4.61. The topological polar surface area (TPSA) is 12.0 Å². The Morgan fingerprint density at radius 1 is 1.20 bits per heavy atom. The molecule has 2 aliphatic rings. The predicted octanol–water partition coefficient (Wildman–Crippen LogP) is 1.64. The van der Waals surface area contributed by atoms with Gasteiger partial charge in [-0.2, -0.15) is 0 Å². The van der Waals surface area contributed by atoms with E-state index in [2.05, 4.69) is 12.2 Å². The third-order valence-corrected chi connectivity index (χ3v) is 3.33. The number of nitrogens with one attached hydrogen (secondary N) is 1. The molecule has 1 heteroatoms. The molecule has 2 rings (SSSR count). The lowest BCUT2D eigenvalue weighted by Gasteiger charge is -2.05. The average Bonchev–Trinajstić information content (AvgIpc) is 2.42. The summed E-state index contributed by atoms with van der Waals surface area (Å²) in [4.78, 5) is 0. The van der Waals surface area contributed by atoms with Crippen LogP contribution in [0, 0.1) is 17.8 Å². The van der Waals surface area contributed by atoms with E-state index in [1.165, 1.54) is 32.4 Å². The van der Waals surface area contributed by atoms with E-state index in [9.17, 15) is 0 Å². The molecule has 1 nitrogen and oxygen atoms in total. The van der Waals surface area contributed by atoms with Crippen molar-refractivity contribution in [3.63, 3.8) is 0 Å². The normalized spacial score (nSPS) is 45.9. The van der Waals surface area contributed by atoms with Gasteiger partial charge in [-0.05, 0) is 43.7 Å². The number of hydrogen-bond donors (Lipinski definition) is 1. The summed E-state index contributed by atoms with van der Waals surface area (Å²) in [5.41, 5.74) is 0. The first-order chi connectivity index (χ1) is 4.90. The Labute approximate surface area is 63.2 Å². The van der Waals surface area contributed by atoms with Crippen LogP contribution in [0.2, 0.25) is 0 Å². The molecule has 2 unspecified atom stereocenters. The molecule has 0 aromatic heterocycles. The van der Waals surface area contributed by atoms with E-state index in [-0.39, 0.29) is 0 Å². The smallest absolute Gasteiger partial charge is 0.00172 e. The molecule has 0 spiro atoms. The fourth-order valence-electron chi connectivity index (χ4n) is 2.62. The Balaban J connectivity index is 1.94. The summed E-state index contributed by atoms with van der Waals surface area (Å²) in [7, 11) is 0. The molecule has 10 heavy (non-hydrogen) atoms. The van der Waals surface area contributed by atoms with Crippen LogP contribution in [-0.4, -0.2) is 13.1 Å². The summed E-state index contributed by atoms with van der Waals surface area (Å²) in [6.45, 7) is 4.95. The van der Waals surface area contributed by atoms with Gasteiger partial charge in [-0.15, -0.1) is 0 Å². The van der Waals surface area contributed by atoms with E-state index in [4.69, 9.17) is 0 Å². The van der Waals surface area contributed by atoms with Gasteiger partial charge in [-0.3, -0.25) is 0 Å². The Morgan fingerprint density at radius 3 is 2.30 bits per heavy atom. The highest BCUT2D eigenvalue weighted by Gasteiger charge is 2.35. The summed E-state index contributed by atoms with van der Waals surface area (Å²) in [6, 6.07) is 0. The van der Waals surface area contributed by atoms with Crippen molar-refractivity contribution in [2.75, 3.05) is 13.1 Å². The summed E-state index contributed by atoms with van der Waals surface area (Å²) < 4.78 is 0. The van der Waals surface area contributed by atoms with Crippen molar-refractivity contribution in [1.82, 2.24) is 5.32 Å². The molecule has 2 fully saturated rings. The zero-order valence-corrected chi connectivity index (χ0v) is 6.77. The lowest BCUT2D eigenvalue weighted by Crippen LogP contribution is -2.11. The van der Waals surface area contributed by atoms with Gasteiger partial charge in [0.25, 0.3) is 0 Å². The molecule has 1 aliphatic heterocycles. The minimum Gasteiger partial charge on any atom is -0.316 e. The van der Waals surface area contributed by atoms with E-state index in [1.54, 1.807) is 0 Å². The minimum atomic E-state index is 1.05. The SMILES string of the molecule is CCC1CC2CNCC2C1. The lowest BCUT2D eigenvalue weighted by molar-refractivity contribution is 0.479. The van der Waals surface area contributed by atoms with Crippen LogP contribution in [0.1, 0.15) is 26.2 Å². The molecule has 0 aromatic carbocycles. The third-order valence-electron chi connectivity index (χ3n) is 3.33. The first-order valence-electron chi connectivity index (χ1n) is 4.61. The van der Waals surface area contributed by atoms with Crippen LogP contribution in [0.15, 0.2) is 0 Å². The highest BCUT2D eigenvalue weighted by molar-refractivity contribution is 4.89. The van der Waals surface area contributed by atoms with Crippen molar-refractivity contribution in [3.05, 3.63) is 0 Å². The van der Waals surface area contributed by atoms with Crippen LogP contribution in [0.5, 0.6) is 0 Å². The maximum Gasteiger partial charge on any atom is -0.00172 e. The monoisotopic (exact) mass is 139 g/mol. The van der Waals surface area contributed by atoms with Gasteiger partial charge in [0.05, 0.1) is 0 Å². The second-order valence-electron chi connectivity index (χ2n) is 3.92. The van der Waals surface area contributed by atoms with Crippen molar-refractivity contribution >= 4 is 0 Å². The molecule has 1 saturated carbocycles. The van der Waals surface area contributed by atoms with Gasteiger partial charge in [0.2, 0.25) is 0 Å². The molecule has 0 aromatic rings. The molecule has 0 bridgehead atoms. The van der Waals surface area contributed by atoms with Crippen molar-refractivity contribution in [1.29, 1.82) is 0 Å². The van der Waals surface area contributed by atoms with Gasteiger partial charge in [-0.1, -0.05) is 13.3 Å². The molecule has 58 valence electrons. The fourth-order valence-corrected chi connectivity index (χ4v) is 2.62. The van der Waals surface area contributed by atoms with Crippen LogP contribution in [0.25, 0.3) is 0 Å². The molecular weight excluding hydrogens is 122 g/mol. The maximum atomic E-state index is 3.47. The zero-order chi connectivity index (χ0) is 6.97. The highest BCUT2D eigenvalue weighted by Crippen LogP contribution is 2.39. The second kappa shape index (κ2) is 2.54. The fraction of sp³-hybridized carbons (Fsp3) is 1.00. The van der Waals surface area contributed by atoms with Crippen molar-refractivity contribution in [3.8, 4) is 0 Å². The van der Waals surface area contributed by atoms with Crippen LogP contribution in [-0.2, 0) is 0 Å². The van der Waals surface area contributed by atoms with E-state index >= 15 is 0 Å². The Kier molecular flexibility index (Phi) is 1.69. The van der Waals surface area contributed by atoms with Crippen LogP contribution >= 0.6 is 0 Å². The van der Waals surface area contributed by atoms with Gasteiger partial charge < -0.3 is 5.32 Å². The molecule has 1 saturated heterocycles. The van der Waals surface area contributed by atoms with Gasteiger partial charge in [0, 0.05) is 0 Å². The summed E-state index contributed by atoms with van der Waals surface area (Å²) in [5, 5.41) is 3.47. The van der Waals surface area contributed by atoms with E-state index < -0.39 is 0 Å². The van der Waals surface area contributed by atoms with Gasteiger partial charge in [0.15, 0.2) is 0 Å². The molecule has 1 N–H and O–H groups in total. The van der Waals surface area contributed by atoms with E-state index in [0.717, 1.165) is 17.8 Å². The van der Waals surface area contributed by atoms with Crippen molar-refractivity contribution in [2.24, 2.45) is 17.8 Å². The van der Waals surface area contributed by atoms with E-state index in [0.29, 0.717) is 0 Å². The minimum absolute atomic E-state index is 1.05. The molecular formula is C9H17N. The van der Waals surface area contributed by atoms with Gasteiger partial charge in [0.1, 0.15) is 0 Å². The first kappa shape index (κ1) is 6.66. The number of fused-ring (bicyclic) bond motifs is 1. The van der Waals surface area contributed by atoms with Crippen LogP contribution in [0.3, 0.4) is 0 Å². The summed E-state index contributed by atoms with van der Waals surface area (Å²) in [6.07, 6.45) is 4.43. The average molecular weight is 139 g/mol. The second-order valence-corrected chi connectivity index (χ2v) is 3.92. The van der Waals surface area contributed by atoms with Crippen molar-refractivity contribution < 1.29 is 0 Å². The molecule has 0 amide bonds. The Morgan fingerprint density at radius 2 is 1.80 bits per heavy atom. The predicted molar refractivity (Wildman–Crippen MR) is 42.9 cm³/mol. The maximum absolute atomic E-state index is 3.47. The van der Waals surface area contributed by atoms with Gasteiger partial charge >= 0.3 is 0 Å². The molecule has 1 aliphatic carbocycles. The largest absolute Gasteiger partial charge is 0.316 e. The highest BCUT2D eigenvalue weighted by atomic mass is 14.9. The van der Waals surface area contributed by atoms with Crippen LogP contribution in [0.4, 0.5) is 0 Å². The van der Waals surface area contributed by atoms with Crippen LogP contribution < -0.4 is 5.32 Å². The standard InChI is InChI=1S/C9H17N/c1-2-7-3-8-5-10-6-9(8)4-7/h7-10H,2-6H2,1H3. The number of rotatable bonds is 1. The quantitative estimate of drug-likeness (QED) is 0.582. The summed E-state index contributed by atoms with van der Waals surface area (Å²) >= 11 is 0. The van der Waals surface area contributed by atoms with Crippen molar-refractivity contribution in [2.45, 2.75) is 26.2 Å². The number of hydrogen-bond acceptors (Lipinski definition) is 1. The van der Waals surface area contributed by atoms with Gasteiger partial charge in [-0.25, -0.2) is 0 Å². The molecule has 2 atom stereocenters. The Bertz CT molecular complexity index is 110. The molecule has 0 radical (unpaired) electrons.